The van der Waals surface area contributed by atoms with Crippen LogP contribution in [0.1, 0.15) is 10.4 Å². The van der Waals surface area contributed by atoms with E-state index >= 15 is 0 Å². The number of hydrogen-bond donors (Lipinski definition) is 1. The van der Waals surface area contributed by atoms with Crippen molar-refractivity contribution in [3.63, 3.8) is 0 Å². The average Bonchev–Trinajstić information content (AvgIpc) is 2.67. The van der Waals surface area contributed by atoms with E-state index in [1.165, 1.54) is 13.4 Å². The number of methoxy groups -OCH3 is 1. The number of carbonyl (C=O) groups is 1. The van der Waals surface area contributed by atoms with Gasteiger partial charge in [0.15, 0.2) is 0 Å². The SMILES string of the molecule is COC(=O)c1ccc(Cl)c2nc[nH]c12. The third kappa shape index (κ3) is 1.24. The van der Waals surface area contributed by atoms with Gasteiger partial charge in [0.05, 0.1) is 29.5 Å². The van der Waals surface area contributed by atoms with E-state index in [-0.39, 0.29) is 0 Å². The fourth-order valence-corrected chi connectivity index (χ4v) is 1.49. The second kappa shape index (κ2) is 3.31. The fraction of sp³-hybridized carbons (Fsp3) is 0.111. The van der Waals surface area contributed by atoms with Crippen molar-refractivity contribution < 1.29 is 9.53 Å². The molecule has 1 aromatic carbocycles. The van der Waals surface area contributed by atoms with Crippen molar-refractivity contribution in [1.82, 2.24) is 9.97 Å². The number of aromatic amines is 1. The first-order valence-electron chi connectivity index (χ1n) is 3.94. The maximum atomic E-state index is 11.3. The zero-order valence-corrected chi connectivity index (χ0v) is 8.13. The molecule has 0 amide bonds. The molecule has 0 saturated heterocycles. The molecule has 2 rings (SSSR count). The van der Waals surface area contributed by atoms with E-state index in [0.29, 0.717) is 21.6 Å². The number of benzene rings is 1. The summed E-state index contributed by atoms with van der Waals surface area (Å²) in [6.07, 6.45) is 1.49. The average molecular weight is 211 g/mol. The number of fused-ring (bicyclic) bond motifs is 1. The highest BCUT2D eigenvalue weighted by molar-refractivity contribution is 6.35. The lowest BCUT2D eigenvalue weighted by molar-refractivity contribution is 0.0603. The van der Waals surface area contributed by atoms with Crippen LogP contribution in [0.25, 0.3) is 11.0 Å². The molecule has 1 N–H and O–H groups in total. The highest BCUT2D eigenvalue weighted by Gasteiger charge is 2.13. The minimum absolute atomic E-state index is 0.407. The van der Waals surface area contributed by atoms with Crippen molar-refractivity contribution in [3.05, 3.63) is 29.0 Å². The van der Waals surface area contributed by atoms with Crippen LogP contribution in [0, 0.1) is 0 Å². The van der Waals surface area contributed by atoms with Gasteiger partial charge in [0.25, 0.3) is 0 Å². The number of aromatic nitrogens is 2. The molecule has 2 aromatic rings. The second-order valence-electron chi connectivity index (χ2n) is 2.71. The van der Waals surface area contributed by atoms with Crippen LogP contribution < -0.4 is 0 Å². The Hall–Kier alpha value is -1.55. The van der Waals surface area contributed by atoms with Gasteiger partial charge in [0.2, 0.25) is 0 Å². The molecule has 0 spiro atoms. The van der Waals surface area contributed by atoms with Crippen LogP contribution in [0.15, 0.2) is 18.5 Å². The summed E-state index contributed by atoms with van der Waals surface area (Å²) in [6, 6.07) is 3.23. The Kier molecular flexibility index (Phi) is 2.13. The molecular weight excluding hydrogens is 204 g/mol. The van der Waals surface area contributed by atoms with Crippen LogP contribution in [-0.4, -0.2) is 23.0 Å². The molecule has 0 aliphatic rings. The molecule has 1 heterocycles. The van der Waals surface area contributed by atoms with Gasteiger partial charge in [-0.1, -0.05) is 11.6 Å². The molecule has 0 aliphatic carbocycles. The molecule has 0 radical (unpaired) electrons. The Morgan fingerprint density at radius 1 is 1.57 bits per heavy atom. The van der Waals surface area contributed by atoms with Crippen molar-refractivity contribution >= 4 is 28.6 Å². The molecule has 0 bridgehead atoms. The Balaban J connectivity index is 2.72. The maximum Gasteiger partial charge on any atom is 0.340 e. The lowest BCUT2D eigenvalue weighted by Crippen LogP contribution is -2.01. The first-order valence-corrected chi connectivity index (χ1v) is 4.31. The van der Waals surface area contributed by atoms with Gasteiger partial charge in [-0.05, 0) is 12.1 Å². The number of carbonyl (C=O) groups excluding carboxylic acids is 1. The third-order valence-electron chi connectivity index (χ3n) is 1.94. The molecule has 4 nitrogen and oxygen atoms in total. The summed E-state index contributed by atoms with van der Waals surface area (Å²) in [7, 11) is 1.33. The maximum absolute atomic E-state index is 11.3. The van der Waals surface area contributed by atoms with Crippen LogP contribution in [0.5, 0.6) is 0 Å². The van der Waals surface area contributed by atoms with E-state index in [9.17, 15) is 4.79 Å². The summed E-state index contributed by atoms with van der Waals surface area (Å²) in [6.45, 7) is 0. The standard InChI is InChI=1S/C9H7ClN2O2/c1-14-9(13)5-2-3-6(10)8-7(5)11-4-12-8/h2-4H,1H3,(H,11,12). The van der Waals surface area contributed by atoms with Crippen LogP contribution in [-0.2, 0) is 4.74 Å². The van der Waals surface area contributed by atoms with Crippen LogP contribution in [0.4, 0.5) is 0 Å². The Labute approximate surface area is 84.9 Å². The van der Waals surface area contributed by atoms with Crippen molar-refractivity contribution in [1.29, 1.82) is 0 Å². The topological polar surface area (TPSA) is 55.0 Å². The minimum Gasteiger partial charge on any atom is -0.465 e. The van der Waals surface area contributed by atoms with Crippen molar-refractivity contribution in [3.8, 4) is 0 Å². The molecule has 0 atom stereocenters. The Bertz CT molecular complexity index is 493. The quantitative estimate of drug-likeness (QED) is 0.733. The Morgan fingerprint density at radius 3 is 3.07 bits per heavy atom. The van der Waals surface area contributed by atoms with Gasteiger partial charge in [-0.25, -0.2) is 9.78 Å². The summed E-state index contributed by atoms with van der Waals surface area (Å²) in [5.74, 6) is -0.407. The van der Waals surface area contributed by atoms with Gasteiger partial charge in [-0.15, -0.1) is 0 Å². The van der Waals surface area contributed by atoms with E-state index in [0.717, 1.165) is 0 Å². The first-order chi connectivity index (χ1) is 6.74. The molecule has 5 heteroatoms. The summed E-state index contributed by atoms with van der Waals surface area (Å²) in [5.41, 5.74) is 1.61. The number of imidazole rings is 1. The van der Waals surface area contributed by atoms with Gasteiger partial charge in [-0.3, -0.25) is 0 Å². The summed E-state index contributed by atoms with van der Waals surface area (Å²) in [5, 5.41) is 0.508. The normalized spacial score (nSPS) is 10.4. The minimum atomic E-state index is -0.407. The molecule has 1 aromatic heterocycles. The molecule has 0 aliphatic heterocycles. The number of halogens is 1. The van der Waals surface area contributed by atoms with Gasteiger partial charge in [0, 0.05) is 0 Å². The predicted octanol–water partition coefficient (Wildman–Crippen LogP) is 2.00. The van der Waals surface area contributed by atoms with Crippen LogP contribution >= 0.6 is 11.6 Å². The lowest BCUT2D eigenvalue weighted by Gasteiger charge is -2.00. The van der Waals surface area contributed by atoms with E-state index in [4.69, 9.17) is 11.6 Å². The van der Waals surface area contributed by atoms with E-state index in [2.05, 4.69) is 14.7 Å². The van der Waals surface area contributed by atoms with Gasteiger partial charge in [0.1, 0.15) is 5.52 Å². The van der Waals surface area contributed by atoms with E-state index in [1.807, 2.05) is 0 Å². The summed E-state index contributed by atoms with van der Waals surface area (Å²) < 4.78 is 4.62. The van der Waals surface area contributed by atoms with Gasteiger partial charge >= 0.3 is 5.97 Å². The number of nitrogens with zero attached hydrogens (tertiary/aromatic N) is 1. The molecule has 0 saturated carbocycles. The predicted molar refractivity (Wildman–Crippen MR) is 52.4 cm³/mol. The molecule has 0 fully saturated rings. The molecule has 14 heavy (non-hydrogen) atoms. The number of ether oxygens (including phenoxy) is 1. The first kappa shape index (κ1) is 9.02. The Morgan fingerprint density at radius 2 is 2.36 bits per heavy atom. The fourth-order valence-electron chi connectivity index (χ4n) is 1.28. The zero-order valence-electron chi connectivity index (χ0n) is 7.37. The number of hydrogen-bond acceptors (Lipinski definition) is 3. The highest BCUT2D eigenvalue weighted by atomic mass is 35.5. The van der Waals surface area contributed by atoms with E-state index < -0.39 is 5.97 Å². The number of H-pyrrole nitrogens is 1. The third-order valence-corrected chi connectivity index (χ3v) is 2.24. The smallest absolute Gasteiger partial charge is 0.340 e. The summed E-state index contributed by atoms with van der Waals surface area (Å²) >= 11 is 5.88. The van der Waals surface area contributed by atoms with E-state index in [1.54, 1.807) is 12.1 Å². The van der Waals surface area contributed by atoms with Crippen LogP contribution in [0.2, 0.25) is 5.02 Å². The number of rotatable bonds is 1. The second-order valence-corrected chi connectivity index (χ2v) is 3.12. The van der Waals surface area contributed by atoms with Crippen LogP contribution in [0.3, 0.4) is 0 Å². The highest BCUT2D eigenvalue weighted by Crippen LogP contribution is 2.23. The zero-order chi connectivity index (χ0) is 10.1. The molecular formula is C9H7ClN2O2. The van der Waals surface area contributed by atoms with Gasteiger partial charge < -0.3 is 9.72 Å². The largest absolute Gasteiger partial charge is 0.465 e. The number of esters is 1. The number of nitrogens with one attached hydrogen (secondary N) is 1. The van der Waals surface area contributed by atoms with Crippen molar-refractivity contribution in [2.75, 3.05) is 7.11 Å². The molecule has 72 valence electrons. The van der Waals surface area contributed by atoms with Crippen molar-refractivity contribution in [2.24, 2.45) is 0 Å². The van der Waals surface area contributed by atoms with Gasteiger partial charge in [-0.2, -0.15) is 0 Å². The summed E-state index contributed by atoms with van der Waals surface area (Å²) in [4.78, 5) is 18.2. The van der Waals surface area contributed by atoms with Crippen molar-refractivity contribution in [2.45, 2.75) is 0 Å². The lowest BCUT2D eigenvalue weighted by atomic mass is 10.2. The molecule has 0 unspecified atom stereocenters. The monoisotopic (exact) mass is 210 g/mol.